The van der Waals surface area contributed by atoms with Crippen LogP contribution in [0.1, 0.15) is 51.2 Å². The van der Waals surface area contributed by atoms with Crippen molar-refractivity contribution in [1.29, 1.82) is 0 Å². The van der Waals surface area contributed by atoms with Crippen LogP contribution in [0.2, 0.25) is 0 Å². The first-order valence-corrected chi connectivity index (χ1v) is 9.12. The molecule has 1 aromatic rings. The van der Waals surface area contributed by atoms with Gasteiger partial charge < -0.3 is 14.4 Å². The van der Waals surface area contributed by atoms with Crippen LogP contribution >= 0.6 is 0 Å². The van der Waals surface area contributed by atoms with E-state index in [0.717, 1.165) is 18.9 Å². The predicted molar refractivity (Wildman–Crippen MR) is 95.6 cm³/mol. The fraction of sp³-hybridized carbons (Fsp3) is 0.700. The molecule has 23 heavy (non-hydrogen) atoms. The van der Waals surface area contributed by atoms with Gasteiger partial charge in [0.05, 0.1) is 26.3 Å². The number of aryl methyl sites for hydroxylation is 1. The minimum Gasteiger partial charge on any atom is -0.491 e. The molecule has 1 fully saturated rings. The first kappa shape index (κ1) is 18.3. The zero-order valence-corrected chi connectivity index (χ0v) is 15.4. The molecule has 1 saturated heterocycles. The van der Waals surface area contributed by atoms with Gasteiger partial charge >= 0.3 is 0 Å². The molecule has 0 radical (unpaired) electrons. The van der Waals surface area contributed by atoms with Crippen molar-refractivity contribution >= 4 is 0 Å². The van der Waals surface area contributed by atoms with Crippen LogP contribution in [0.3, 0.4) is 0 Å². The Morgan fingerprint density at radius 2 is 1.74 bits per heavy atom. The first-order chi connectivity index (χ1) is 11.0. The van der Waals surface area contributed by atoms with Gasteiger partial charge in [0, 0.05) is 0 Å². The van der Waals surface area contributed by atoms with Crippen LogP contribution < -0.4 is 9.64 Å². The van der Waals surface area contributed by atoms with Crippen molar-refractivity contribution in [2.75, 3.05) is 39.5 Å². The third kappa shape index (κ3) is 5.82. The number of quaternary nitrogens is 1. The third-order valence-corrected chi connectivity index (χ3v) is 4.65. The maximum atomic E-state index is 6.05. The van der Waals surface area contributed by atoms with E-state index in [-0.39, 0.29) is 5.41 Å². The van der Waals surface area contributed by atoms with E-state index in [0.29, 0.717) is 13.2 Å². The number of nitrogens with one attached hydrogen (secondary N) is 1. The summed E-state index contributed by atoms with van der Waals surface area (Å²) >= 11 is 0. The van der Waals surface area contributed by atoms with Crippen molar-refractivity contribution in [3.63, 3.8) is 0 Å². The number of hydrogen-bond acceptors (Lipinski definition) is 2. The Balaban J connectivity index is 1.72. The van der Waals surface area contributed by atoms with Gasteiger partial charge in [0.25, 0.3) is 0 Å². The quantitative estimate of drug-likeness (QED) is 0.781. The van der Waals surface area contributed by atoms with Gasteiger partial charge in [-0.2, -0.15) is 0 Å². The van der Waals surface area contributed by atoms with E-state index in [1.54, 1.807) is 4.90 Å². The molecule has 1 heterocycles. The molecule has 2 rings (SSSR count). The molecule has 1 aliphatic heterocycles. The third-order valence-electron chi connectivity index (χ3n) is 4.65. The van der Waals surface area contributed by atoms with Crippen molar-refractivity contribution in [2.24, 2.45) is 0 Å². The number of rotatable bonds is 7. The van der Waals surface area contributed by atoms with Gasteiger partial charge in [-0.3, -0.25) is 0 Å². The van der Waals surface area contributed by atoms with Crippen LogP contribution in [-0.4, -0.2) is 39.5 Å². The highest BCUT2D eigenvalue weighted by atomic mass is 16.5. The second kappa shape index (κ2) is 8.70. The summed E-state index contributed by atoms with van der Waals surface area (Å²) in [5.41, 5.74) is 2.57. The maximum Gasteiger partial charge on any atom is 0.126 e. The molecule has 0 amide bonds. The summed E-state index contributed by atoms with van der Waals surface area (Å²) < 4.78 is 11.8. The molecule has 1 N–H and O–H groups in total. The lowest BCUT2D eigenvalue weighted by Crippen LogP contribution is -3.13. The SMILES string of the molecule is Cc1cccc(C(C)(C)C)c1OCCOCC[NH+]1CCCCC1. The lowest BCUT2D eigenvalue weighted by atomic mass is 9.85. The van der Waals surface area contributed by atoms with E-state index in [4.69, 9.17) is 9.47 Å². The number of piperidine rings is 1. The van der Waals surface area contributed by atoms with Gasteiger partial charge in [-0.25, -0.2) is 0 Å². The molecule has 1 aliphatic rings. The van der Waals surface area contributed by atoms with Crippen molar-refractivity contribution in [3.05, 3.63) is 29.3 Å². The summed E-state index contributed by atoms with van der Waals surface area (Å²) in [6.07, 6.45) is 4.16. The Hall–Kier alpha value is -1.06. The molecule has 0 aromatic heterocycles. The van der Waals surface area contributed by atoms with Crippen LogP contribution in [0.5, 0.6) is 5.75 Å². The molecule has 0 saturated carbocycles. The Kier molecular flexibility index (Phi) is 6.91. The molecule has 3 heteroatoms. The monoisotopic (exact) mass is 320 g/mol. The fourth-order valence-electron chi connectivity index (χ4n) is 3.26. The molecule has 0 atom stereocenters. The van der Waals surface area contributed by atoms with Crippen molar-refractivity contribution in [3.8, 4) is 5.75 Å². The van der Waals surface area contributed by atoms with E-state index in [9.17, 15) is 0 Å². The number of para-hydroxylation sites is 1. The highest BCUT2D eigenvalue weighted by Crippen LogP contribution is 2.33. The van der Waals surface area contributed by atoms with Crippen LogP contribution in [0.25, 0.3) is 0 Å². The summed E-state index contributed by atoms with van der Waals surface area (Å²) in [4.78, 5) is 1.70. The van der Waals surface area contributed by atoms with E-state index in [1.165, 1.54) is 43.5 Å². The Bertz CT molecular complexity index is 473. The van der Waals surface area contributed by atoms with Gasteiger partial charge in [-0.15, -0.1) is 0 Å². The number of likely N-dealkylation sites (tertiary alicyclic amines) is 1. The molecule has 3 nitrogen and oxygen atoms in total. The molecule has 1 aromatic carbocycles. The van der Waals surface area contributed by atoms with E-state index in [1.807, 2.05) is 0 Å². The predicted octanol–water partition coefficient (Wildman–Crippen LogP) is 2.76. The standard InChI is InChI=1S/C20H33NO2/c1-17-9-8-10-18(20(2,3)4)19(17)23-16-15-22-14-13-21-11-6-5-7-12-21/h8-10H,5-7,11-16H2,1-4H3/p+1. The minimum atomic E-state index is 0.0971. The summed E-state index contributed by atoms with van der Waals surface area (Å²) in [6, 6.07) is 6.40. The van der Waals surface area contributed by atoms with Gasteiger partial charge in [-0.05, 0) is 42.7 Å². The van der Waals surface area contributed by atoms with Crippen LogP contribution in [0, 0.1) is 6.92 Å². The number of ether oxygens (including phenoxy) is 2. The first-order valence-electron chi connectivity index (χ1n) is 9.12. The second-order valence-corrected chi connectivity index (χ2v) is 7.72. The Morgan fingerprint density at radius 1 is 1.00 bits per heavy atom. The second-order valence-electron chi connectivity index (χ2n) is 7.72. The van der Waals surface area contributed by atoms with E-state index < -0.39 is 0 Å². The van der Waals surface area contributed by atoms with Gasteiger partial charge in [0.1, 0.15) is 18.9 Å². The highest BCUT2D eigenvalue weighted by Gasteiger charge is 2.20. The molecular formula is C20H34NO2+. The maximum absolute atomic E-state index is 6.05. The summed E-state index contributed by atoms with van der Waals surface area (Å²) in [5.74, 6) is 1.03. The van der Waals surface area contributed by atoms with Gasteiger partial charge in [-0.1, -0.05) is 39.0 Å². The molecule has 0 aliphatic carbocycles. The average molecular weight is 320 g/mol. The fourth-order valence-corrected chi connectivity index (χ4v) is 3.26. The largest absolute Gasteiger partial charge is 0.491 e. The number of hydrogen-bond donors (Lipinski definition) is 1. The van der Waals surface area contributed by atoms with E-state index in [2.05, 4.69) is 45.9 Å². The summed E-state index contributed by atoms with van der Waals surface area (Å²) in [6.45, 7) is 14.7. The summed E-state index contributed by atoms with van der Waals surface area (Å²) in [7, 11) is 0. The zero-order chi connectivity index (χ0) is 16.7. The average Bonchev–Trinajstić information content (AvgIpc) is 2.52. The van der Waals surface area contributed by atoms with Crippen LogP contribution in [0.4, 0.5) is 0 Å². The van der Waals surface area contributed by atoms with Gasteiger partial charge in [0.15, 0.2) is 0 Å². The summed E-state index contributed by atoms with van der Waals surface area (Å²) in [5, 5.41) is 0. The lowest BCUT2D eigenvalue weighted by molar-refractivity contribution is -0.905. The minimum absolute atomic E-state index is 0.0971. The van der Waals surface area contributed by atoms with E-state index >= 15 is 0 Å². The Morgan fingerprint density at radius 3 is 2.43 bits per heavy atom. The molecule has 130 valence electrons. The lowest BCUT2D eigenvalue weighted by Gasteiger charge is -2.24. The zero-order valence-electron chi connectivity index (χ0n) is 15.4. The smallest absolute Gasteiger partial charge is 0.126 e. The van der Waals surface area contributed by atoms with Gasteiger partial charge in [0.2, 0.25) is 0 Å². The normalized spacial score (nSPS) is 16.5. The van der Waals surface area contributed by atoms with Crippen molar-refractivity contribution in [2.45, 2.75) is 52.4 Å². The van der Waals surface area contributed by atoms with Crippen LogP contribution in [-0.2, 0) is 10.2 Å². The number of benzene rings is 1. The molecule has 0 unspecified atom stereocenters. The molecular weight excluding hydrogens is 286 g/mol. The molecule has 0 spiro atoms. The topological polar surface area (TPSA) is 22.9 Å². The molecule has 0 bridgehead atoms. The van der Waals surface area contributed by atoms with Crippen molar-refractivity contribution in [1.82, 2.24) is 0 Å². The highest BCUT2D eigenvalue weighted by molar-refractivity contribution is 5.44. The van der Waals surface area contributed by atoms with Crippen LogP contribution in [0.15, 0.2) is 18.2 Å². The van der Waals surface area contributed by atoms with Crippen molar-refractivity contribution < 1.29 is 14.4 Å². The Labute approximate surface area is 142 Å².